The molecule has 7 heteroatoms. The minimum Gasteiger partial charge on any atom is -0.316 e. The number of nitrogens with one attached hydrogen (secondary N) is 1. The van der Waals surface area contributed by atoms with Crippen molar-refractivity contribution in [3.63, 3.8) is 0 Å². The Labute approximate surface area is 107 Å². The summed E-state index contributed by atoms with van der Waals surface area (Å²) in [4.78, 5) is 0. The van der Waals surface area contributed by atoms with Crippen LogP contribution in [0.1, 0.15) is 11.3 Å². The van der Waals surface area contributed by atoms with Gasteiger partial charge >= 0.3 is 0 Å². The van der Waals surface area contributed by atoms with Gasteiger partial charge in [-0.25, -0.2) is 8.42 Å². The fourth-order valence-corrected chi connectivity index (χ4v) is 3.03. The molecule has 1 unspecified atom stereocenters. The average Bonchev–Trinajstić information content (AvgIpc) is 2.42. The maximum atomic E-state index is 11.3. The summed E-state index contributed by atoms with van der Waals surface area (Å²) in [5, 5.41) is 7.76. The number of halogens is 1. The number of aromatic nitrogens is 2. The Bertz CT molecular complexity index is 496. The minimum atomic E-state index is -3.01. The lowest BCUT2D eigenvalue weighted by molar-refractivity contribution is 0.566. The van der Waals surface area contributed by atoms with Crippen LogP contribution in [0, 0.1) is 6.92 Å². The second-order valence-electron chi connectivity index (χ2n) is 4.26. The Morgan fingerprint density at radius 1 is 1.53 bits per heavy atom. The fourth-order valence-electron chi connectivity index (χ4n) is 1.76. The average molecular weight is 280 g/mol. The van der Waals surface area contributed by atoms with Crippen LogP contribution >= 0.6 is 11.6 Å². The van der Waals surface area contributed by atoms with E-state index in [0.29, 0.717) is 11.6 Å². The summed E-state index contributed by atoms with van der Waals surface area (Å²) in [5.74, 6) is 0.0914. The number of hydrogen-bond donors (Lipinski definition) is 1. The van der Waals surface area contributed by atoms with E-state index in [1.54, 1.807) is 18.8 Å². The van der Waals surface area contributed by atoms with E-state index < -0.39 is 9.84 Å². The van der Waals surface area contributed by atoms with Crippen molar-refractivity contribution in [1.29, 1.82) is 0 Å². The molecule has 1 atom stereocenters. The Hall–Kier alpha value is -0.590. The lowest BCUT2D eigenvalue weighted by Crippen LogP contribution is -2.34. The van der Waals surface area contributed by atoms with E-state index in [-0.39, 0.29) is 11.8 Å². The van der Waals surface area contributed by atoms with Gasteiger partial charge in [0.05, 0.1) is 11.4 Å². The van der Waals surface area contributed by atoms with Crippen molar-refractivity contribution >= 4 is 21.4 Å². The second kappa shape index (κ2) is 5.37. The van der Waals surface area contributed by atoms with Gasteiger partial charge in [0.15, 0.2) is 0 Å². The quantitative estimate of drug-likeness (QED) is 0.855. The molecule has 0 aliphatic carbocycles. The molecule has 0 fully saturated rings. The van der Waals surface area contributed by atoms with Gasteiger partial charge in [-0.15, -0.1) is 0 Å². The molecule has 17 heavy (non-hydrogen) atoms. The highest BCUT2D eigenvalue weighted by molar-refractivity contribution is 7.90. The van der Waals surface area contributed by atoms with Crippen molar-refractivity contribution in [2.24, 2.45) is 7.05 Å². The van der Waals surface area contributed by atoms with Gasteiger partial charge in [0, 0.05) is 24.9 Å². The third-order valence-electron chi connectivity index (χ3n) is 2.63. The van der Waals surface area contributed by atoms with Crippen LogP contribution in [0.3, 0.4) is 0 Å². The second-order valence-corrected chi connectivity index (χ2v) is 6.80. The van der Waals surface area contributed by atoms with Crippen molar-refractivity contribution < 1.29 is 8.42 Å². The van der Waals surface area contributed by atoms with Crippen molar-refractivity contribution in [2.45, 2.75) is 19.4 Å². The van der Waals surface area contributed by atoms with Crippen molar-refractivity contribution in [2.75, 3.05) is 19.1 Å². The molecule has 0 bridgehead atoms. The van der Waals surface area contributed by atoms with Crippen LogP contribution in [0.2, 0.25) is 5.15 Å². The van der Waals surface area contributed by atoms with E-state index in [2.05, 4.69) is 10.4 Å². The fraction of sp³-hybridized carbons (Fsp3) is 0.700. The molecule has 0 aromatic carbocycles. The van der Waals surface area contributed by atoms with Crippen molar-refractivity contribution in [1.82, 2.24) is 15.1 Å². The topological polar surface area (TPSA) is 64.0 Å². The first-order chi connectivity index (χ1) is 7.74. The number of sulfone groups is 1. The van der Waals surface area contributed by atoms with Crippen LogP contribution in [0.15, 0.2) is 0 Å². The molecule has 0 spiro atoms. The number of hydrogen-bond acceptors (Lipinski definition) is 4. The smallest absolute Gasteiger partial charge is 0.148 e. The zero-order valence-corrected chi connectivity index (χ0v) is 12.1. The third-order valence-corrected chi connectivity index (χ3v) is 4.11. The van der Waals surface area contributed by atoms with Crippen LogP contribution in [-0.4, -0.2) is 43.3 Å². The molecule has 98 valence electrons. The zero-order valence-electron chi connectivity index (χ0n) is 10.5. The monoisotopic (exact) mass is 279 g/mol. The molecular formula is C10H18ClN3O2S. The Morgan fingerprint density at radius 3 is 2.47 bits per heavy atom. The Kier molecular flexibility index (Phi) is 4.57. The number of aryl methyl sites for hydroxylation is 2. The van der Waals surface area contributed by atoms with E-state index in [1.807, 2.05) is 6.92 Å². The molecule has 0 aliphatic heterocycles. The molecule has 1 aromatic heterocycles. The largest absolute Gasteiger partial charge is 0.316 e. The molecule has 1 heterocycles. The SMILES string of the molecule is CNC(Cc1c(C)nn(C)c1Cl)CS(C)(=O)=O. The molecule has 0 aliphatic rings. The first-order valence-electron chi connectivity index (χ1n) is 5.27. The van der Waals surface area contributed by atoms with Crippen LogP contribution in [-0.2, 0) is 23.3 Å². The first-order valence-corrected chi connectivity index (χ1v) is 7.71. The van der Waals surface area contributed by atoms with E-state index >= 15 is 0 Å². The summed E-state index contributed by atoms with van der Waals surface area (Å²) >= 11 is 6.11. The summed E-state index contributed by atoms with van der Waals surface area (Å²) in [6.07, 6.45) is 1.79. The number of likely N-dealkylation sites (N-methyl/N-ethyl adjacent to an activating group) is 1. The lowest BCUT2D eigenvalue weighted by Gasteiger charge is -2.14. The predicted molar refractivity (Wildman–Crippen MR) is 69.2 cm³/mol. The summed E-state index contributed by atoms with van der Waals surface area (Å²) in [6.45, 7) is 1.87. The maximum absolute atomic E-state index is 11.3. The summed E-state index contributed by atoms with van der Waals surface area (Å²) < 4.78 is 24.1. The van der Waals surface area contributed by atoms with E-state index in [1.165, 1.54) is 6.26 Å². The third kappa shape index (κ3) is 3.97. The van der Waals surface area contributed by atoms with Gasteiger partial charge in [0.2, 0.25) is 0 Å². The van der Waals surface area contributed by atoms with Crippen LogP contribution < -0.4 is 5.32 Å². The standard InChI is InChI=1S/C10H18ClN3O2S/c1-7-9(10(11)14(3)13-7)5-8(12-2)6-17(4,15)16/h8,12H,5-6H2,1-4H3. The van der Waals surface area contributed by atoms with Gasteiger partial charge in [0.1, 0.15) is 15.0 Å². The molecule has 0 saturated heterocycles. The van der Waals surface area contributed by atoms with Crippen LogP contribution in [0.4, 0.5) is 0 Å². The van der Waals surface area contributed by atoms with Gasteiger partial charge in [0.25, 0.3) is 0 Å². The van der Waals surface area contributed by atoms with Crippen LogP contribution in [0.25, 0.3) is 0 Å². The molecule has 1 N–H and O–H groups in total. The summed E-state index contributed by atoms with van der Waals surface area (Å²) in [7, 11) is 0.506. The predicted octanol–water partition coefficient (Wildman–Crippen LogP) is 0.557. The Morgan fingerprint density at radius 2 is 2.12 bits per heavy atom. The van der Waals surface area contributed by atoms with Gasteiger partial charge in [-0.3, -0.25) is 4.68 Å². The maximum Gasteiger partial charge on any atom is 0.148 e. The summed E-state index contributed by atoms with van der Waals surface area (Å²) in [5.41, 5.74) is 1.74. The number of rotatable bonds is 5. The lowest BCUT2D eigenvalue weighted by atomic mass is 10.1. The van der Waals surface area contributed by atoms with E-state index in [0.717, 1.165) is 11.3 Å². The summed E-state index contributed by atoms with van der Waals surface area (Å²) in [6, 6.07) is -0.148. The highest BCUT2D eigenvalue weighted by Gasteiger charge is 2.19. The zero-order chi connectivity index (χ0) is 13.2. The Balaban J connectivity index is 2.88. The normalized spacial score (nSPS) is 13.9. The van der Waals surface area contributed by atoms with Gasteiger partial charge in [-0.1, -0.05) is 11.6 Å². The van der Waals surface area contributed by atoms with Gasteiger partial charge in [-0.2, -0.15) is 5.10 Å². The van der Waals surface area contributed by atoms with E-state index in [4.69, 9.17) is 11.6 Å². The van der Waals surface area contributed by atoms with Gasteiger partial charge in [-0.05, 0) is 20.4 Å². The van der Waals surface area contributed by atoms with Crippen LogP contribution in [0.5, 0.6) is 0 Å². The van der Waals surface area contributed by atoms with Crippen molar-refractivity contribution in [3.8, 4) is 0 Å². The van der Waals surface area contributed by atoms with E-state index in [9.17, 15) is 8.42 Å². The first kappa shape index (κ1) is 14.5. The molecule has 0 saturated carbocycles. The molecule has 0 radical (unpaired) electrons. The molecule has 0 amide bonds. The molecule has 1 rings (SSSR count). The molecule has 5 nitrogen and oxygen atoms in total. The van der Waals surface area contributed by atoms with Gasteiger partial charge < -0.3 is 5.32 Å². The molecular weight excluding hydrogens is 262 g/mol. The minimum absolute atomic E-state index is 0.0914. The highest BCUT2D eigenvalue weighted by atomic mass is 35.5. The molecule has 1 aromatic rings. The highest BCUT2D eigenvalue weighted by Crippen LogP contribution is 2.20. The number of nitrogens with zero attached hydrogens (tertiary/aromatic N) is 2. The van der Waals surface area contributed by atoms with Crippen molar-refractivity contribution in [3.05, 3.63) is 16.4 Å².